The third-order valence-electron chi connectivity index (χ3n) is 4.10. The van der Waals surface area contributed by atoms with Gasteiger partial charge in [-0.15, -0.1) is 0 Å². The van der Waals surface area contributed by atoms with Gasteiger partial charge in [-0.2, -0.15) is 0 Å². The molecule has 0 saturated carbocycles. The first-order chi connectivity index (χ1) is 12.1. The van der Waals surface area contributed by atoms with Crippen LogP contribution in [0.4, 0.5) is 0 Å². The lowest BCUT2D eigenvalue weighted by Crippen LogP contribution is -2.35. The zero-order chi connectivity index (χ0) is 18.1. The Labute approximate surface area is 150 Å². The summed E-state index contributed by atoms with van der Waals surface area (Å²) < 4.78 is 5.64. The molecule has 1 N–H and O–H groups in total. The summed E-state index contributed by atoms with van der Waals surface area (Å²) >= 11 is 0. The summed E-state index contributed by atoms with van der Waals surface area (Å²) in [6.45, 7) is 6.38. The third kappa shape index (κ3) is 6.33. The van der Waals surface area contributed by atoms with E-state index in [-0.39, 0.29) is 12.4 Å². The molecule has 0 spiro atoms. The number of carbonyl (C=O) groups is 1. The lowest BCUT2D eigenvalue weighted by Gasteiger charge is -2.23. The molecule has 0 unspecified atom stereocenters. The predicted molar refractivity (Wildman–Crippen MR) is 100.0 cm³/mol. The standard InChI is InChI=1S/C21H27NO3/c1-3-21(24)18-10-12-20(13-11-18)25-16-19(23)15-22(4-2)14-17-8-6-5-7-9-17/h5-13,19,23H,3-4,14-16H2,1-2H3/t19-/m0/s1. The molecule has 0 aliphatic carbocycles. The van der Waals surface area contributed by atoms with Crippen LogP contribution >= 0.6 is 0 Å². The van der Waals surface area contributed by atoms with Crippen LogP contribution < -0.4 is 4.74 Å². The van der Waals surface area contributed by atoms with Crippen molar-refractivity contribution in [1.82, 2.24) is 4.90 Å². The van der Waals surface area contributed by atoms with Gasteiger partial charge in [0.2, 0.25) is 0 Å². The van der Waals surface area contributed by atoms with Crippen molar-refractivity contribution in [3.63, 3.8) is 0 Å². The molecule has 0 fully saturated rings. The van der Waals surface area contributed by atoms with E-state index in [1.807, 2.05) is 25.1 Å². The van der Waals surface area contributed by atoms with E-state index in [2.05, 4.69) is 24.0 Å². The normalized spacial score (nSPS) is 12.2. The number of hydrogen-bond acceptors (Lipinski definition) is 4. The number of nitrogens with zero attached hydrogens (tertiary/aromatic N) is 1. The van der Waals surface area contributed by atoms with E-state index in [0.29, 0.717) is 24.3 Å². The van der Waals surface area contributed by atoms with Gasteiger partial charge in [-0.25, -0.2) is 0 Å². The first-order valence-corrected chi connectivity index (χ1v) is 8.82. The van der Waals surface area contributed by atoms with Crippen molar-refractivity contribution in [2.75, 3.05) is 19.7 Å². The Bertz CT molecular complexity index is 640. The Morgan fingerprint density at radius 1 is 1.08 bits per heavy atom. The van der Waals surface area contributed by atoms with Gasteiger partial charge < -0.3 is 9.84 Å². The Balaban J connectivity index is 1.80. The summed E-state index contributed by atoms with van der Waals surface area (Å²) in [4.78, 5) is 13.8. The van der Waals surface area contributed by atoms with Crippen LogP contribution in [0.3, 0.4) is 0 Å². The molecule has 0 heterocycles. The van der Waals surface area contributed by atoms with Crippen LogP contribution in [0.1, 0.15) is 36.2 Å². The molecular formula is C21H27NO3. The second-order valence-corrected chi connectivity index (χ2v) is 6.08. The minimum Gasteiger partial charge on any atom is -0.491 e. The minimum absolute atomic E-state index is 0.117. The molecule has 0 saturated heterocycles. The zero-order valence-corrected chi connectivity index (χ0v) is 15.0. The van der Waals surface area contributed by atoms with Crippen LogP contribution in [-0.4, -0.2) is 41.6 Å². The van der Waals surface area contributed by atoms with Gasteiger partial charge in [-0.1, -0.05) is 44.2 Å². The highest BCUT2D eigenvalue weighted by Crippen LogP contribution is 2.14. The lowest BCUT2D eigenvalue weighted by molar-refractivity contribution is 0.0674. The molecule has 0 aliphatic heterocycles. The van der Waals surface area contributed by atoms with Crippen LogP contribution in [0.25, 0.3) is 0 Å². The number of carbonyl (C=O) groups excluding carboxylic acids is 1. The van der Waals surface area contributed by atoms with E-state index in [4.69, 9.17) is 4.74 Å². The maximum atomic E-state index is 11.6. The number of aliphatic hydroxyl groups excluding tert-OH is 1. The summed E-state index contributed by atoms with van der Waals surface area (Å²) in [5.74, 6) is 0.781. The predicted octanol–water partition coefficient (Wildman–Crippen LogP) is 3.54. The van der Waals surface area contributed by atoms with Crippen molar-refractivity contribution in [2.24, 2.45) is 0 Å². The van der Waals surface area contributed by atoms with E-state index >= 15 is 0 Å². The van der Waals surface area contributed by atoms with Gasteiger partial charge in [-0.05, 0) is 36.4 Å². The van der Waals surface area contributed by atoms with E-state index in [1.54, 1.807) is 24.3 Å². The smallest absolute Gasteiger partial charge is 0.162 e. The van der Waals surface area contributed by atoms with Crippen molar-refractivity contribution < 1.29 is 14.6 Å². The highest BCUT2D eigenvalue weighted by molar-refractivity contribution is 5.95. The van der Waals surface area contributed by atoms with E-state index in [0.717, 1.165) is 13.1 Å². The largest absolute Gasteiger partial charge is 0.491 e. The lowest BCUT2D eigenvalue weighted by atomic mass is 10.1. The first kappa shape index (κ1) is 19.2. The van der Waals surface area contributed by atoms with Crippen LogP contribution in [0.15, 0.2) is 54.6 Å². The van der Waals surface area contributed by atoms with Crippen molar-refractivity contribution in [3.05, 3.63) is 65.7 Å². The van der Waals surface area contributed by atoms with Crippen molar-refractivity contribution >= 4 is 5.78 Å². The van der Waals surface area contributed by atoms with Crippen LogP contribution in [0.5, 0.6) is 5.75 Å². The molecule has 0 aliphatic rings. The van der Waals surface area contributed by atoms with Gasteiger partial charge in [-0.3, -0.25) is 9.69 Å². The SMILES string of the molecule is CCC(=O)c1ccc(OC[C@@H](O)CN(CC)Cc2ccccc2)cc1. The molecular weight excluding hydrogens is 314 g/mol. The van der Waals surface area contributed by atoms with Crippen LogP contribution in [0.2, 0.25) is 0 Å². The highest BCUT2D eigenvalue weighted by atomic mass is 16.5. The van der Waals surface area contributed by atoms with E-state index < -0.39 is 6.10 Å². The van der Waals surface area contributed by atoms with Crippen molar-refractivity contribution in [3.8, 4) is 5.75 Å². The maximum absolute atomic E-state index is 11.6. The molecule has 0 radical (unpaired) electrons. The fourth-order valence-corrected chi connectivity index (χ4v) is 2.63. The molecule has 4 nitrogen and oxygen atoms in total. The number of ketones is 1. The van der Waals surface area contributed by atoms with Gasteiger partial charge in [0.05, 0.1) is 0 Å². The topological polar surface area (TPSA) is 49.8 Å². The molecule has 2 aromatic rings. The molecule has 0 bridgehead atoms. The Kier molecular flexibility index (Phi) is 7.64. The number of hydrogen-bond donors (Lipinski definition) is 1. The van der Waals surface area contributed by atoms with Gasteiger partial charge >= 0.3 is 0 Å². The second-order valence-electron chi connectivity index (χ2n) is 6.08. The van der Waals surface area contributed by atoms with Crippen molar-refractivity contribution in [2.45, 2.75) is 32.9 Å². The second kappa shape index (κ2) is 9.97. The first-order valence-electron chi connectivity index (χ1n) is 8.82. The molecule has 0 aromatic heterocycles. The number of aliphatic hydroxyl groups is 1. The monoisotopic (exact) mass is 341 g/mol. The third-order valence-corrected chi connectivity index (χ3v) is 4.10. The van der Waals surface area contributed by atoms with Crippen LogP contribution in [0, 0.1) is 0 Å². The molecule has 134 valence electrons. The van der Waals surface area contributed by atoms with E-state index in [1.165, 1.54) is 5.56 Å². The molecule has 0 amide bonds. The fourth-order valence-electron chi connectivity index (χ4n) is 2.63. The summed E-state index contributed by atoms with van der Waals surface area (Å²) in [5.41, 5.74) is 1.92. The van der Waals surface area contributed by atoms with Gasteiger partial charge in [0.25, 0.3) is 0 Å². The Morgan fingerprint density at radius 2 is 1.76 bits per heavy atom. The summed E-state index contributed by atoms with van der Waals surface area (Å²) in [5, 5.41) is 10.3. The Hall–Kier alpha value is -2.17. The Morgan fingerprint density at radius 3 is 2.36 bits per heavy atom. The van der Waals surface area contributed by atoms with Crippen molar-refractivity contribution in [1.29, 1.82) is 0 Å². The summed E-state index contributed by atoms with van der Waals surface area (Å²) in [6.07, 6.45) is -0.0756. The number of likely N-dealkylation sites (N-methyl/N-ethyl adjacent to an activating group) is 1. The molecule has 2 aromatic carbocycles. The number of rotatable bonds is 10. The molecule has 1 atom stereocenters. The van der Waals surface area contributed by atoms with Gasteiger partial charge in [0.1, 0.15) is 18.5 Å². The maximum Gasteiger partial charge on any atom is 0.162 e. The molecule has 25 heavy (non-hydrogen) atoms. The number of ether oxygens (including phenoxy) is 1. The molecule has 2 rings (SSSR count). The fraction of sp³-hybridized carbons (Fsp3) is 0.381. The number of Topliss-reactive ketones (excluding diaryl/α,β-unsaturated/α-hetero) is 1. The molecule has 4 heteroatoms. The van der Waals surface area contributed by atoms with Crippen LogP contribution in [-0.2, 0) is 6.54 Å². The van der Waals surface area contributed by atoms with E-state index in [9.17, 15) is 9.90 Å². The minimum atomic E-state index is -0.569. The van der Waals surface area contributed by atoms with Gasteiger partial charge in [0.15, 0.2) is 5.78 Å². The quantitative estimate of drug-likeness (QED) is 0.672. The van der Waals surface area contributed by atoms with Gasteiger partial charge in [0, 0.05) is 25.1 Å². The number of benzene rings is 2. The highest BCUT2D eigenvalue weighted by Gasteiger charge is 2.12. The summed E-state index contributed by atoms with van der Waals surface area (Å²) in [7, 11) is 0. The average molecular weight is 341 g/mol. The zero-order valence-electron chi connectivity index (χ0n) is 15.0. The summed E-state index contributed by atoms with van der Waals surface area (Å²) in [6, 6.07) is 17.3. The average Bonchev–Trinajstić information content (AvgIpc) is 2.66.